The number of imidazole rings is 1. The van der Waals surface area contributed by atoms with Gasteiger partial charge in [0.1, 0.15) is 22.9 Å². The Morgan fingerprint density at radius 1 is 0.203 bits per heavy atom. The Balaban J connectivity index is 0.592. The second kappa shape index (κ2) is 26.0. The largest absolute Gasteiger partial charge is 0.443 e. The molecule has 0 radical (unpaired) electrons. The molecule has 18 aromatic carbocycles. The van der Waals surface area contributed by atoms with Gasteiger partial charge in [0, 0.05) is 87.4 Å². The maximum Gasteiger partial charge on any atom is 0.182 e. The highest BCUT2D eigenvalue weighted by molar-refractivity contribution is 7.16. The summed E-state index contributed by atoms with van der Waals surface area (Å²) in [5.74, 6) is 0. The number of rotatable bonds is 11. The molecule has 0 spiro atoms. The highest BCUT2D eigenvalue weighted by Crippen LogP contribution is 2.48. The van der Waals surface area contributed by atoms with E-state index in [1.165, 1.54) is 43.4 Å². The Bertz CT molecular complexity index is 9140. The quantitative estimate of drug-likeness (QED) is 0.129. The van der Waals surface area contributed by atoms with Gasteiger partial charge in [-0.3, -0.25) is 4.57 Å². The van der Waals surface area contributed by atoms with Crippen molar-refractivity contribution in [3.05, 3.63) is 400 Å². The van der Waals surface area contributed by atoms with Crippen molar-refractivity contribution in [2.45, 2.75) is 0 Å². The van der Waals surface area contributed by atoms with E-state index >= 15 is 0 Å². The number of hydrogen-bond acceptors (Lipinski definition) is 5. The van der Waals surface area contributed by atoms with Gasteiger partial charge in [-0.2, -0.15) is 0 Å². The van der Waals surface area contributed by atoms with Gasteiger partial charge in [0.25, 0.3) is 0 Å². The Morgan fingerprint density at radius 2 is 0.553 bits per heavy atom. The summed E-state index contributed by atoms with van der Waals surface area (Å²) in [5, 5.41) is 14.0. The van der Waals surface area contributed by atoms with Crippen LogP contribution in [0.4, 0.5) is 0 Å². The summed E-state index contributed by atoms with van der Waals surface area (Å²) in [4.78, 5) is 15.3. The lowest BCUT2D eigenvalue weighted by Crippen LogP contribution is -1.97. The van der Waals surface area contributed by atoms with Crippen LogP contribution in [0.3, 0.4) is 0 Å². The second-order valence-electron chi connectivity index (χ2n) is 32.4. The van der Waals surface area contributed by atoms with Crippen molar-refractivity contribution in [2.75, 3.05) is 0 Å². The van der Waals surface area contributed by atoms with E-state index in [2.05, 4.69) is 414 Å². The summed E-state index contributed by atoms with van der Waals surface area (Å²) in [6.07, 6.45) is 3.54. The van der Waals surface area contributed by atoms with E-state index in [4.69, 9.17) is 19.4 Å². The molecule has 572 valence electrons. The van der Waals surface area contributed by atoms with Gasteiger partial charge in [-0.15, -0.1) is 11.3 Å². The van der Waals surface area contributed by atoms with Crippen LogP contribution in [0, 0.1) is 0 Å². The minimum Gasteiger partial charge on any atom is -0.443 e. The molecule has 0 saturated carbocycles. The Kier molecular flexibility index (Phi) is 14.3. The van der Waals surface area contributed by atoms with Crippen LogP contribution in [-0.2, 0) is 0 Å². The molecule has 0 aliphatic heterocycles. The highest BCUT2D eigenvalue weighted by Gasteiger charge is 2.27. The predicted octanol–water partition coefficient (Wildman–Crippen LogP) is 29.0. The SMILES string of the molecule is c1ccc(-n2cnc3c(-n4c5ccccc5c5cc6c(cc54)c4cc(-c5cccc(-c7cc(-n8c9ccccc9c9cc%10c(cc98)c8cc(-c9cccc(-c%11cc(-n%12c%13ccccc%13c%13cc%14c(cc%13%12)c%12ccccc%12n%14-c%12ccccc%12)c%12ncsc%12c%11)c9)ccc8n%10-c8ccccc8)c8ncoc8c7)c5)ccc4n6-c4ccccc4)cccc32)cc1. The van der Waals surface area contributed by atoms with Crippen molar-refractivity contribution in [3.63, 3.8) is 0 Å². The molecule has 0 unspecified atom stereocenters. The van der Waals surface area contributed by atoms with Crippen LogP contribution in [0.5, 0.6) is 0 Å². The average Bonchev–Trinajstić information content (AvgIpc) is 1.56. The number of thiazole rings is 1. The predicted molar refractivity (Wildman–Crippen MR) is 510 cm³/mol. The molecule has 0 amide bonds. The van der Waals surface area contributed by atoms with Gasteiger partial charge in [-0.25, -0.2) is 15.0 Å². The minimum absolute atomic E-state index is 0.701. The van der Waals surface area contributed by atoms with Crippen molar-refractivity contribution < 1.29 is 4.42 Å². The topological polar surface area (TPSA) is 86.3 Å². The molecule has 0 saturated heterocycles. The van der Waals surface area contributed by atoms with Gasteiger partial charge >= 0.3 is 0 Å². The fraction of sp³-hybridized carbons (Fsp3) is 0. The first-order valence-corrected chi connectivity index (χ1v) is 42.5. The molecule has 11 nitrogen and oxygen atoms in total. The zero-order valence-electron chi connectivity index (χ0n) is 65.9. The van der Waals surface area contributed by atoms with E-state index in [0.717, 1.165) is 199 Å². The maximum atomic E-state index is 6.45. The first kappa shape index (κ1) is 67.6. The number of oxazole rings is 1. The lowest BCUT2D eigenvalue weighted by molar-refractivity contribution is 0.602. The monoisotopic (exact) mass is 1590 g/mol. The summed E-state index contributed by atoms with van der Waals surface area (Å²) in [6.45, 7) is 0. The average molecular weight is 1590 g/mol. The number of aromatic nitrogens is 10. The number of para-hydroxylation sites is 9. The number of benzene rings is 18. The van der Waals surface area contributed by atoms with Crippen LogP contribution in [-0.4, -0.2) is 46.9 Å². The zero-order chi connectivity index (χ0) is 80.2. The molecule has 123 heavy (non-hydrogen) atoms. The van der Waals surface area contributed by atoms with E-state index in [-0.39, 0.29) is 0 Å². The summed E-state index contributed by atoms with van der Waals surface area (Å²) < 4.78 is 24.3. The Hall–Kier alpha value is -16.4. The Morgan fingerprint density at radius 3 is 1.02 bits per heavy atom. The third-order valence-corrected chi connectivity index (χ3v) is 26.6. The van der Waals surface area contributed by atoms with Crippen molar-refractivity contribution in [1.82, 2.24) is 46.9 Å². The van der Waals surface area contributed by atoms with Gasteiger partial charge in [-0.1, -0.05) is 200 Å². The molecule has 9 aromatic heterocycles. The summed E-state index contributed by atoms with van der Waals surface area (Å²) in [7, 11) is 0. The van der Waals surface area contributed by atoms with E-state index < -0.39 is 0 Å². The standard InChI is InChI=1S/C111H66N10OS/c1-5-28-75(29-6-1)115-64-112-109-97(115)44-23-45-98(109)119-92-41-18-14-37-80(92)86-59-100-89(62-102(86)119)83-52-71(46-48-95(83)117(100)77-32-9-3-10-33-77)67-24-21-26-69(50-67)73-54-105(110-107(56-73)122-65-113-110)120-93-42-19-15-38-81(93)88-60-101-90(63-104(88)120)84-53-72(47-49-96(84)118(101)78-34-11-4-12-35-78)68-25-22-27-70(51-68)74-55-106(111-108(57-74)123-66-114-111)121-94-43-20-16-39-82(94)87-58-99-85(61-103(87)121)79-36-13-17-40-91(79)116(99)76-30-7-2-8-31-76/h1-66H. The molecule has 27 rings (SSSR count). The van der Waals surface area contributed by atoms with Gasteiger partial charge in [0.05, 0.1) is 99.0 Å². The fourth-order valence-electron chi connectivity index (χ4n) is 20.4. The molecule has 9 heterocycles. The van der Waals surface area contributed by atoms with Crippen LogP contribution in [0.25, 0.3) is 248 Å². The fourth-order valence-corrected chi connectivity index (χ4v) is 21.2. The maximum absolute atomic E-state index is 6.45. The third-order valence-electron chi connectivity index (χ3n) is 25.8. The molecule has 0 fully saturated rings. The van der Waals surface area contributed by atoms with Gasteiger partial charge in [-0.05, 0) is 226 Å². The summed E-state index contributed by atoms with van der Waals surface area (Å²) in [6, 6.07) is 140. The van der Waals surface area contributed by atoms with Gasteiger partial charge in [0.2, 0.25) is 0 Å². The smallest absolute Gasteiger partial charge is 0.182 e. The molecule has 27 aromatic rings. The van der Waals surface area contributed by atoms with Gasteiger partial charge < -0.3 is 31.8 Å². The third kappa shape index (κ3) is 10.0. The lowest BCUT2D eigenvalue weighted by Gasteiger charge is -2.13. The molecule has 0 bridgehead atoms. The Labute approximate surface area is 705 Å². The van der Waals surface area contributed by atoms with Crippen molar-refractivity contribution >= 4 is 175 Å². The van der Waals surface area contributed by atoms with E-state index in [1.54, 1.807) is 17.7 Å². The molecule has 12 heteroatoms. The lowest BCUT2D eigenvalue weighted by atomic mass is 9.97. The van der Waals surface area contributed by atoms with Crippen molar-refractivity contribution in [3.8, 4) is 84.3 Å². The van der Waals surface area contributed by atoms with Crippen LogP contribution >= 0.6 is 11.3 Å². The normalized spacial score (nSPS) is 12.2. The number of fused-ring (bicyclic) bond motifs is 21. The molecule has 0 atom stereocenters. The highest BCUT2D eigenvalue weighted by atomic mass is 32.1. The number of nitrogens with zero attached hydrogens (tertiary/aromatic N) is 10. The first-order chi connectivity index (χ1) is 61.0. The van der Waals surface area contributed by atoms with Crippen LogP contribution in [0.15, 0.2) is 405 Å². The molecule has 0 aliphatic rings. The number of hydrogen-bond donors (Lipinski definition) is 0. The molecule has 0 N–H and O–H groups in total. The zero-order valence-corrected chi connectivity index (χ0v) is 66.7. The van der Waals surface area contributed by atoms with E-state index in [9.17, 15) is 0 Å². The molecular formula is C111H66N10OS. The van der Waals surface area contributed by atoms with Gasteiger partial charge in [0.15, 0.2) is 12.0 Å². The van der Waals surface area contributed by atoms with Crippen molar-refractivity contribution in [1.29, 1.82) is 0 Å². The molecule has 0 aliphatic carbocycles. The second-order valence-corrected chi connectivity index (χ2v) is 33.2. The first-order valence-electron chi connectivity index (χ1n) is 41.6. The van der Waals surface area contributed by atoms with Crippen molar-refractivity contribution in [2.24, 2.45) is 0 Å². The summed E-state index contributed by atoms with van der Waals surface area (Å²) in [5.41, 5.74) is 36.1. The minimum atomic E-state index is 0.701. The van der Waals surface area contributed by atoms with E-state index in [0.29, 0.717) is 5.58 Å². The van der Waals surface area contributed by atoms with E-state index in [1.807, 2.05) is 11.8 Å². The van der Waals surface area contributed by atoms with Crippen LogP contribution in [0.2, 0.25) is 0 Å². The molecular weight excluding hydrogens is 1520 g/mol. The summed E-state index contributed by atoms with van der Waals surface area (Å²) >= 11 is 1.69. The van der Waals surface area contributed by atoms with Crippen LogP contribution in [0.1, 0.15) is 0 Å². The van der Waals surface area contributed by atoms with Crippen LogP contribution < -0.4 is 0 Å².